The van der Waals surface area contributed by atoms with Crippen LogP contribution in [0.4, 0.5) is 25.0 Å². The number of anilines is 2. The molecule has 178 valence electrons. The summed E-state index contributed by atoms with van der Waals surface area (Å²) in [5.41, 5.74) is 3.41. The van der Waals surface area contributed by atoms with Gasteiger partial charge in [-0.25, -0.2) is 18.7 Å². The minimum atomic E-state index is -0.507. The molecule has 0 fully saturated rings. The Morgan fingerprint density at radius 3 is 2.66 bits per heavy atom. The third-order valence-electron chi connectivity index (χ3n) is 5.77. The Balaban J connectivity index is 1.42. The molecule has 1 atom stereocenters. The molecule has 2 amide bonds. The summed E-state index contributed by atoms with van der Waals surface area (Å²) in [6, 6.07) is 13.9. The maximum atomic E-state index is 14.8. The molecule has 0 saturated carbocycles. The Morgan fingerprint density at radius 2 is 1.83 bits per heavy atom. The van der Waals surface area contributed by atoms with E-state index in [1.54, 1.807) is 24.3 Å². The number of carbonyl (C=O) groups is 1. The van der Waals surface area contributed by atoms with E-state index < -0.39 is 23.5 Å². The molecular weight excluding hydrogens is 454 g/mol. The van der Waals surface area contributed by atoms with Crippen molar-refractivity contribution in [1.82, 2.24) is 20.8 Å². The van der Waals surface area contributed by atoms with Crippen LogP contribution in [-0.4, -0.2) is 29.1 Å². The molecule has 35 heavy (non-hydrogen) atoms. The highest BCUT2D eigenvalue weighted by atomic mass is 19.1. The Kier molecular flexibility index (Phi) is 5.77. The summed E-state index contributed by atoms with van der Waals surface area (Å²) < 4.78 is 28.5. The van der Waals surface area contributed by atoms with E-state index in [1.807, 2.05) is 13.0 Å². The first-order chi connectivity index (χ1) is 16.9. The summed E-state index contributed by atoms with van der Waals surface area (Å²) in [4.78, 5) is 23.8. The second kappa shape index (κ2) is 9.05. The summed E-state index contributed by atoms with van der Waals surface area (Å²) >= 11 is 0. The fourth-order valence-corrected chi connectivity index (χ4v) is 4.15. The molecule has 1 unspecified atom stereocenters. The Labute approximate surface area is 198 Å². The molecule has 0 spiro atoms. The molecule has 1 aliphatic heterocycles. The van der Waals surface area contributed by atoms with Gasteiger partial charge in [-0.2, -0.15) is 5.10 Å². The van der Waals surface area contributed by atoms with Crippen molar-refractivity contribution in [3.05, 3.63) is 87.8 Å². The van der Waals surface area contributed by atoms with Crippen LogP contribution >= 0.6 is 0 Å². The number of hydrogen-bond donors (Lipinski definition) is 5. The molecule has 1 aromatic heterocycles. The van der Waals surface area contributed by atoms with Gasteiger partial charge in [-0.1, -0.05) is 12.1 Å². The van der Waals surface area contributed by atoms with Gasteiger partial charge in [0.15, 0.2) is 6.29 Å². The van der Waals surface area contributed by atoms with Gasteiger partial charge in [-0.3, -0.25) is 4.79 Å². The first-order valence-corrected chi connectivity index (χ1v) is 11.1. The van der Waals surface area contributed by atoms with Crippen molar-refractivity contribution >= 4 is 28.2 Å². The smallest absolute Gasteiger partial charge is 0.317 e. The zero-order chi connectivity index (χ0) is 24.5. The van der Waals surface area contributed by atoms with Crippen LogP contribution in [0.1, 0.15) is 18.2 Å². The molecule has 3 aromatic carbocycles. The Morgan fingerprint density at radius 1 is 1.00 bits per heavy atom. The fourth-order valence-electron chi connectivity index (χ4n) is 4.15. The lowest BCUT2D eigenvalue weighted by atomic mass is 9.98. The molecule has 0 radical (unpaired) electrons. The minimum Gasteiger partial charge on any atom is -0.347 e. The first kappa shape index (κ1) is 22.3. The molecule has 10 heteroatoms. The van der Waals surface area contributed by atoms with Gasteiger partial charge in [0, 0.05) is 23.9 Å². The number of H-pyrrole nitrogens is 1. The molecule has 1 aliphatic rings. The topological polar surface area (TPSA) is 111 Å². The number of carbonyl (C=O) groups excluding carboxylic acids is 1. The van der Waals surface area contributed by atoms with Crippen LogP contribution in [-0.2, 0) is 6.42 Å². The number of nitrogens with one attached hydrogen (secondary N) is 5. The predicted molar refractivity (Wildman–Crippen MR) is 130 cm³/mol. The number of aromatic amines is 1. The summed E-state index contributed by atoms with van der Waals surface area (Å²) in [7, 11) is 0. The van der Waals surface area contributed by atoms with Gasteiger partial charge >= 0.3 is 6.03 Å². The molecule has 5 N–H and O–H groups in total. The van der Waals surface area contributed by atoms with E-state index in [-0.39, 0.29) is 11.4 Å². The van der Waals surface area contributed by atoms with Crippen molar-refractivity contribution in [1.29, 1.82) is 0 Å². The van der Waals surface area contributed by atoms with Crippen molar-refractivity contribution in [2.75, 3.05) is 17.2 Å². The molecule has 2 heterocycles. The monoisotopic (exact) mass is 476 g/mol. The summed E-state index contributed by atoms with van der Waals surface area (Å²) in [5, 5.41) is 19.0. The summed E-state index contributed by atoms with van der Waals surface area (Å²) in [6.45, 7) is 2.33. The van der Waals surface area contributed by atoms with E-state index in [0.29, 0.717) is 35.2 Å². The van der Waals surface area contributed by atoms with Gasteiger partial charge in [-0.05, 0) is 60.5 Å². The number of fused-ring (bicyclic) bond motifs is 2. The van der Waals surface area contributed by atoms with E-state index >= 15 is 0 Å². The van der Waals surface area contributed by atoms with Crippen molar-refractivity contribution in [3.63, 3.8) is 0 Å². The number of nitrogens with zero attached hydrogens (tertiary/aromatic N) is 1. The zero-order valence-electron chi connectivity index (χ0n) is 18.7. The molecule has 0 saturated heterocycles. The van der Waals surface area contributed by atoms with E-state index in [9.17, 15) is 18.4 Å². The van der Waals surface area contributed by atoms with Crippen LogP contribution in [0, 0.1) is 11.6 Å². The van der Waals surface area contributed by atoms with Crippen molar-refractivity contribution in [2.45, 2.75) is 19.6 Å². The average molecular weight is 476 g/mol. The normalized spacial score (nSPS) is 14.2. The second-order valence-electron chi connectivity index (χ2n) is 8.17. The standard InChI is InChI=1S/C25H22F2N6O2/c1-2-28-25(35)31-24-29-20-8-4-14(11-22(20)30-24)17-9-13(3-7-19(17)27)10-21-16-6-5-15(26)12-18(16)23(34)33-32-21/h3-9,11-12,24,29-30H,2,10H2,1H3,(H,33,34)(H2,28,31,35). The highest BCUT2D eigenvalue weighted by Crippen LogP contribution is 2.34. The van der Waals surface area contributed by atoms with Gasteiger partial charge in [0.25, 0.3) is 5.56 Å². The molecule has 0 bridgehead atoms. The fraction of sp³-hybridized carbons (Fsp3) is 0.160. The second-order valence-corrected chi connectivity index (χ2v) is 8.17. The third kappa shape index (κ3) is 4.50. The van der Waals surface area contributed by atoms with Crippen molar-refractivity contribution < 1.29 is 13.6 Å². The van der Waals surface area contributed by atoms with Crippen LogP contribution in [0.5, 0.6) is 0 Å². The number of halogens is 2. The highest BCUT2D eigenvalue weighted by Gasteiger charge is 2.22. The summed E-state index contributed by atoms with van der Waals surface area (Å²) in [5.74, 6) is -0.898. The lowest BCUT2D eigenvalue weighted by Crippen LogP contribution is -2.47. The highest BCUT2D eigenvalue weighted by molar-refractivity contribution is 5.85. The summed E-state index contributed by atoms with van der Waals surface area (Å²) in [6.07, 6.45) is -0.178. The van der Waals surface area contributed by atoms with Gasteiger partial charge in [0.2, 0.25) is 0 Å². The van der Waals surface area contributed by atoms with Gasteiger partial charge in [0.1, 0.15) is 11.6 Å². The van der Waals surface area contributed by atoms with E-state index in [2.05, 4.69) is 31.5 Å². The quantitative estimate of drug-likeness (QED) is 0.300. The number of amides is 2. The first-order valence-electron chi connectivity index (χ1n) is 11.1. The van der Waals surface area contributed by atoms with Crippen LogP contribution in [0.25, 0.3) is 21.9 Å². The number of rotatable bonds is 5. The van der Waals surface area contributed by atoms with E-state index in [0.717, 1.165) is 16.9 Å². The molecule has 0 aliphatic carbocycles. The lowest BCUT2D eigenvalue weighted by molar-refractivity contribution is 0.240. The van der Waals surface area contributed by atoms with Gasteiger partial charge in [0.05, 0.1) is 22.5 Å². The van der Waals surface area contributed by atoms with Crippen LogP contribution in [0.15, 0.2) is 59.4 Å². The molecule has 8 nitrogen and oxygen atoms in total. The predicted octanol–water partition coefficient (Wildman–Crippen LogP) is 3.90. The van der Waals surface area contributed by atoms with Crippen molar-refractivity contribution in [2.24, 2.45) is 0 Å². The van der Waals surface area contributed by atoms with Crippen molar-refractivity contribution in [3.8, 4) is 11.1 Å². The number of hydrogen-bond acceptors (Lipinski definition) is 5. The van der Waals surface area contributed by atoms with Gasteiger partial charge < -0.3 is 21.3 Å². The number of benzene rings is 3. The largest absolute Gasteiger partial charge is 0.347 e. The van der Waals surface area contributed by atoms with Crippen LogP contribution in [0.2, 0.25) is 0 Å². The maximum Gasteiger partial charge on any atom is 0.317 e. The lowest BCUT2D eigenvalue weighted by Gasteiger charge is -2.14. The average Bonchev–Trinajstić information content (AvgIpc) is 3.23. The Hall–Kier alpha value is -4.47. The number of urea groups is 1. The zero-order valence-corrected chi connectivity index (χ0v) is 18.7. The van der Waals surface area contributed by atoms with Gasteiger partial charge in [-0.15, -0.1) is 0 Å². The van der Waals surface area contributed by atoms with E-state index in [1.165, 1.54) is 24.3 Å². The molecular formula is C25H22F2N6O2. The Bertz CT molecular complexity index is 1500. The van der Waals surface area contributed by atoms with E-state index in [4.69, 9.17) is 0 Å². The molecule has 4 aromatic rings. The minimum absolute atomic E-state index is 0.213. The molecule has 5 rings (SSSR count). The maximum absolute atomic E-state index is 14.8. The third-order valence-corrected chi connectivity index (χ3v) is 5.77. The van der Waals surface area contributed by atoms with Crippen LogP contribution in [0.3, 0.4) is 0 Å². The van der Waals surface area contributed by atoms with Crippen LogP contribution < -0.4 is 26.8 Å². The number of aromatic nitrogens is 2. The SMILES string of the molecule is CCNC(=O)NC1Nc2ccc(-c3cc(Cc4n[nH]c(=O)c5cc(F)ccc45)ccc3F)cc2N1.